The van der Waals surface area contributed by atoms with Crippen LogP contribution < -0.4 is 19.3 Å². The first-order chi connectivity index (χ1) is 19.5. The van der Waals surface area contributed by atoms with E-state index < -0.39 is 17.4 Å². The quantitative estimate of drug-likeness (QED) is 0.210. The number of halogens is 4. The number of aliphatic hydroxyl groups excluding tert-OH is 1. The Balaban J connectivity index is 1.24. The highest BCUT2D eigenvalue weighted by molar-refractivity contribution is 6.28. The predicted octanol–water partition coefficient (Wildman–Crippen LogP) is 5.67. The lowest BCUT2D eigenvalue weighted by atomic mass is 10.0. The van der Waals surface area contributed by atoms with Crippen molar-refractivity contribution in [2.24, 2.45) is 0 Å². The molecule has 1 atom stereocenters. The van der Waals surface area contributed by atoms with Crippen LogP contribution in [-0.2, 0) is 6.54 Å². The summed E-state index contributed by atoms with van der Waals surface area (Å²) in [6.45, 7) is 4.75. The van der Waals surface area contributed by atoms with Gasteiger partial charge in [-0.1, -0.05) is 0 Å². The van der Waals surface area contributed by atoms with Crippen molar-refractivity contribution in [1.29, 1.82) is 0 Å². The molecule has 0 amide bonds. The molecular weight excluding hydrogens is 567 g/mol. The van der Waals surface area contributed by atoms with E-state index >= 15 is 0 Å². The summed E-state index contributed by atoms with van der Waals surface area (Å²) in [5.41, 5.74) is 1.91. The maximum atomic E-state index is 12.4. The third kappa shape index (κ3) is 8.40. The number of rotatable bonds is 12. The van der Waals surface area contributed by atoms with Crippen molar-refractivity contribution in [3.05, 3.63) is 70.1 Å². The van der Waals surface area contributed by atoms with Gasteiger partial charge >= 0.3 is 17.5 Å². The number of aromatic nitrogens is 2. The van der Waals surface area contributed by atoms with Crippen molar-refractivity contribution in [1.82, 2.24) is 9.55 Å². The summed E-state index contributed by atoms with van der Waals surface area (Å²) in [5, 5.41) is 21.1. The number of anilines is 2. The first kappa shape index (κ1) is 30.3. The Bertz CT molecular complexity index is 1280. The normalized spacial score (nSPS) is 15.0. The molecule has 4 rings (SSSR count). The molecule has 1 saturated heterocycles. The summed E-state index contributed by atoms with van der Waals surface area (Å²) in [7, 11) is 0. The van der Waals surface area contributed by atoms with Crippen molar-refractivity contribution in [2.75, 3.05) is 36.0 Å². The van der Waals surface area contributed by atoms with Crippen molar-refractivity contribution in [2.45, 2.75) is 51.2 Å². The minimum atomic E-state index is -4.71. The van der Waals surface area contributed by atoms with Gasteiger partial charge in [-0.05, 0) is 96.2 Å². The summed E-state index contributed by atoms with van der Waals surface area (Å²) in [6, 6.07) is 13.9. The molecule has 1 aliphatic rings. The highest BCUT2D eigenvalue weighted by Crippen LogP contribution is 2.30. The van der Waals surface area contributed by atoms with Crippen LogP contribution in [-0.4, -0.2) is 64.3 Å². The van der Waals surface area contributed by atoms with Gasteiger partial charge in [-0.2, -0.15) is 0 Å². The number of hydrogen-bond acceptors (Lipinski definition) is 8. The second kappa shape index (κ2) is 13.3. The maximum absolute atomic E-state index is 12.4. The zero-order valence-corrected chi connectivity index (χ0v) is 23.1. The van der Waals surface area contributed by atoms with Gasteiger partial charge < -0.3 is 34.5 Å². The van der Waals surface area contributed by atoms with Crippen molar-refractivity contribution >= 4 is 28.8 Å². The van der Waals surface area contributed by atoms with E-state index in [0.717, 1.165) is 43.9 Å². The number of alkyl halides is 3. The van der Waals surface area contributed by atoms with Gasteiger partial charge in [-0.15, -0.1) is 13.2 Å². The molecular formula is C27H31ClF3N5O5. The number of benzene rings is 2. The van der Waals surface area contributed by atoms with Gasteiger partial charge in [0.25, 0.3) is 0 Å². The Hall–Kier alpha value is -3.71. The van der Waals surface area contributed by atoms with E-state index in [9.17, 15) is 28.4 Å². The lowest BCUT2D eigenvalue weighted by molar-refractivity contribution is -0.389. The second-order valence-electron chi connectivity index (χ2n) is 9.61. The molecule has 14 heteroatoms. The van der Waals surface area contributed by atoms with Gasteiger partial charge in [0.1, 0.15) is 24.3 Å². The van der Waals surface area contributed by atoms with E-state index in [0.29, 0.717) is 11.8 Å². The van der Waals surface area contributed by atoms with Gasteiger partial charge in [0.15, 0.2) is 0 Å². The minimum Gasteiger partial charge on any atom is -0.491 e. The highest BCUT2D eigenvalue weighted by atomic mass is 35.5. The van der Waals surface area contributed by atoms with E-state index in [1.54, 1.807) is 12.1 Å². The number of hydrogen-bond donors (Lipinski definition) is 1. The van der Waals surface area contributed by atoms with E-state index in [1.165, 1.54) is 22.9 Å². The Morgan fingerprint density at radius 2 is 1.78 bits per heavy atom. The summed E-state index contributed by atoms with van der Waals surface area (Å²) in [6.07, 6.45) is -2.23. The molecule has 0 spiro atoms. The number of imidazole rings is 1. The van der Waals surface area contributed by atoms with Crippen LogP contribution in [0.25, 0.3) is 0 Å². The van der Waals surface area contributed by atoms with Crippen LogP contribution in [0.15, 0.2) is 54.7 Å². The molecule has 1 N–H and O–H groups in total. The summed E-state index contributed by atoms with van der Waals surface area (Å²) in [5.74, 6) is 0.0245. The zero-order chi connectivity index (χ0) is 29.6. The molecule has 0 saturated carbocycles. The minimum absolute atomic E-state index is 0.0137. The number of piperidine rings is 1. The van der Waals surface area contributed by atoms with Crippen LogP contribution in [0.1, 0.15) is 26.2 Å². The first-order valence-corrected chi connectivity index (χ1v) is 13.6. The standard InChI is InChI=1S/C27H31ClF3N5O5/c1-2-35(21-11-14-33(15-12-21)19-3-9-24(10-4-19)41-27(29,30)31)20-5-7-23(8-6-20)40-18-22(37)13-16-34-17-25(36(38)39)32-26(34)28/h3-10,17,21-22,37H,2,11-16,18H2,1H3. The zero-order valence-electron chi connectivity index (χ0n) is 22.3. The molecule has 0 radical (unpaired) electrons. The van der Waals surface area contributed by atoms with Crippen LogP contribution in [0, 0.1) is 10.1 Å². The molecule has 1 fully saturated rings. The number of aryl methyl sites for hydroxylation is 1. The average molecular weight is 598 g/mol. The summed E-state index contributed by atoms with van der Waals surface area (Å²) in [4.78, 5) is 18.3. The second-order valence-corrected chi connectivity index (χ2v) is 9.95. The van der Waals surface area contributed by atoms with E-state index in [2.05, 4.69) is 26.4 Å². The smallest absolute Gasteiger partial charge is 0.491 e. The van der Waals surface area contributed by atoms with Gasteiger partial charge in [0.2, 0.25) is 0 Å². The number of nitro groups is 1. The third-order valence-corrected chi connectivity index (χ3v) is 7.20. The largest absolute Gasteiger partial charge is 0.573 e. The lowest BCUT2D eigenvalue weighted by Gasteiger charge is -2.40. The van der Waals surface area contributed by atoms with Crippen LogP contribution >= 0.6 is 11.6 Å². The molecule has 10 nitrogen and oxygen atoms in total. The van der Waals surface area contributed by atoms with Crippen molar-refractivity contribution in [3.63, 3.8) is 0 Å². The van der Waals surface area contributed by atoms with Crippen LogP contribution in [0.4, 0.5) is 30.4 Å². The third-order valence-electron chi connectivity index (χ3n) is 6.90. The predicted molar refractivity (Wildman–Crippen MR) is 148 cm³/mol. The fourth-order valence-corrected chi connectivity index (χ4v) is 5.09. The molecule has 3 aromatic rings. The average Bonchev–Trinajstić information content (AvgIpc) is 3.32. The maximum Gasteiger partial charge on any atom is 0.573 e. The Morgan fingerprint density at radius 3 is 2.34 bits per heavy atom. The Kier molecular flexibility index (Phi) is 9.81. The Labute approximate surface area is 240 Å². The summed E-state index contributed by atoms with van der Waals surface area (Å²) >= 11 is 5.90. The summed E-state index contributed by atoms with van der Waals surface area (Å²) < 4.78 is 48.3. The first-order valence-electron chi connectivity index (χ1n) is 13.2. The van der Waals surface area contributed by atoms with Gasteiger partial charge in [-0.25, -0.2) is 0 Å². The molecule has 0 bridgehead atoms. The van der Waals surface area contributed by atoms with Crippen LogP contribution in [0.2, 0.25) is 5.28 Å². The molecule has 0 aliphatic carbocycles. The van der Waals surface area contributed by atoms with Crippen LogP contribution in [0.5, 0.6) is 11.5 Å². The molecule has 1 aromatic heterocycles. The highest BCUT2D eigenvalue weighted by Gasteiger charge is 2.31. The SMILES string of the molecule is CCN(c1ccc(OCC(O)CCn2cc([N+](=O)[O-])nc2Cl)cc1)C1CCN(c2ccc(OC(F)(F)F)cc2)CC1. The molecule has 2 heterocycles. The van der Waals surface area contributed by atoms with Gasteiger partial charge in [0.05, 0.1) is 6.10 Å². The van der Waals surface area contributed by atoms with E-state index in [4.69, 9.17) is 16.3 Å². The number of ether oxygens (including phenoxy) is 2. The molecule has 2 aromatic carbocycles. The van der Waals surface area contributed by atoms with Crippen molar-refractivity contribution < 1.29 is 32.7 Å². The topological polar surface area (TPSA) is 106 Å². The number of nitrogens with zero attached hydrogens (tertiary/aromatic N) is 5. The van der Waals surface area contributed by atoms with Crippen LogP contribution in [0.3, 0.4) is 0 Å². The van der Waals surface area contributed by atoms with Gasteiger partial charge in [-0.3, -0.25) is 4.57 Å². The molecule has 41 heavy (non-hydrogen) atoms. The molecule has 1 unspecified atom stereocenters. The van der Waals surface area contributed by atoms with Gasteiger partial charge in [0, 0.05) is 43.6 Å². The monoisotopic (exact) mass is 597 g/mol. The Morgan fingerprint density at radius 1 is 1.15 bits per heavy atom. The lowest BCUT2D eigenvalue weighted by Crippen LogP contribution is -2.45. The molecule has 222 valence electrons. The number of aliphatic hydroxyl groups is 1. The fraction of sp³-hybridized carbons (Fsp3) is 0.444. The van der Waals surface area contributed by atoms with Crippen molar-refractivity contribution in [3.8, 4) is 11.5 Å². The molecule has 1 aliphatic heterocycles. The fourth-order valence-electron chi connectivity index (χ4n) is 4.87. The van der Waals surface area contributed by atoms with E-state index in [1.807, 2.05) is 24.3 Å². The van der Waals surface area contributed by atoms with E-state index in [-0.39, 0.29) is 36.4 Å².